The Kier molecular flexibility index (Phi) is 3.62. The van der Waals surface area contributed by atoms with Crippen molar-refractivity contribution in [2.45, 2.75) is 26.8 Å². The van der Waals surface area contributed by atoms with Crippen LogP contribution >= 0.6 is 0 Å². The first-order chi connectivity index (χ1) is 7.86. The number of benzene rings is 1. The Morgan fingerprint density at radius 1 is 1.19 bits per heavy atom. The van der Waals surface area contributed by atoms with E-state index < -0.39 is 0 Å². The first-order valence-corrected chi connectivity index (χ1v) is 6.14. The maximum atomic E-state index is 3.38. The molecule has 0 saturated carbocycles. The van der Waals surface area contributed by atoms with Crippen molar-refractivity contribution in [2.24, 2.45) is 0 Å². The number of hydrogen-bond acceptors (Lipinski definition) is 1. The highest BCUT2D eigenvalue weighted by Gasteiger charge is 2.05. The van der Waals surface area contributed by atoms with Gasteiger partial charge in [0, 0.05) is 23.6 Å². The molecule has 2 rings (SSSR count). The average Bonchev–Trinajstić information content (AvgIpc) is 2.68. The number of aromatic nitrogens is 1. The first-order valence-electron chi connectivity index (χ1n) is 6.14. The summed E-state index contributed by atoms with van der Waals surface area (Å²) in [6.07, 6.45) is 3.41. The number of aryl methyl sites for hydroxylation is 1. The van der Waals surface area contributed by atoms with E-state index in [0.717, 1.165) is 26.1 Å². The SMILES string of the molecule is CCNCCc1cn(CC)c2ccccc12. The van der Waals surface area contributed by atoms with Crippen molar-refractivity contribution in [3.8, 4) is 0 Å². The summed E-state index contributed by atoms with van der Waals surface area (Å²) in [6.45, 7) is 7.50. The molecule has 0 saturated heterocycles. The fourth-order valence-corrected chi connectivity index (χ4v) is 2.18. The monoisotopic (exact) mass is 216 g/mol. The van der Waals surface area contributed by atoms with Crippen LogP contribution in [0.3, 0.4) is 0 Å². The van der Waals surface area contributed by atoms with E-state index in [4.69, 9.17) is 0 Å². The number of para-hydroxylation sites is 1. The molecule has 2 aromatic rings. The van der Waals surface area contributed by atoms with Crippen LogP contribution in [0.5, 0.6) is 0 Å². The Bertz CT molecular complexity index is 457. The lowest BCUT2D eigenvalue weighted by atomic mass is 10.1. The molecule has 1 aromatic carbocycles. The van der Waals surface area contributed by atoms with Gasteiger partial charge in [-0.15, -0.1) is 0 Å². The van der Waals surface area contributed by atoms with E-state index in [1.54, 1.807) is 0 Å². The molecule has 0 atom stereocenters. The van der Waals surface area contributed by atoms with Crippen LogP contribution in [-0.2, 0) is 13.0 Å². The van der Waals surface area contributed by atoms with Gasteiger partial charge in [0.1, 0.15) is 0 Å². The molecule has 1 heterocycles. The fourth-order valence-electron chi connectivity index (χ4n) is 2.18. The number of nitrogens with one attached hydrogen (secondary N) is 1. The van der Waals surface area contributed by atoms with Crippen LogP contribution in [0.2, 0.25) is 0 Å². The van der Waals surface area contributed by atoms with Crippen LogP contribution < -0.4 is 5.32 Å². The molecule has 86 valence electrons. The van der Waals surface area contributed by atoms with Crippen LogP contribution in [-0.4, -0.2) is 17.7 Å². The van der Waals surface area contributed by atoms with Crippen molar-refractivity contribution in [1.82, 2.24) is 9.88 Å². The standard InChI is InChI=1S/C14H20N2/c1-3-15-10-9-12-11-16(4-2)14-8-6-5-7-13(12)14/h5-8,11,15H,3-4,9-10H2,1-2H3. The van der Waals surface area contributed by atoms with Gasteiger partial charge in [-0.3, -0.25) is 0 Å². The molecule has 0 spiro atoms. The molecule has 16 heavy (non-hydrogen) atoms. The second-order valence-electron chi connectivity index (χ2n) is 4.06. The molecule has 2 nitrogen and oxygen atoms in total. The third-order valence-corrected chi connectivity index (χ3v) is 3.03. The summed E-state index contributed by atoms with van der Waals surface area (Å²) in [4.78, 5) is 0. The largest absolute Gasteiger partial charge is 0.347 e. The number of nitrogens with zero attached hydrogens (tertiary/aromatic N) is 1. The van der Waals surface area contributed by atoms with E-state index in [-0.39, 0.29) is 0 Å². The third kappa shape index (κ3) is 2.12. The minimum Gasteiger partial charge on any atom is -0.347 e. The molecule has 0 aliphatic heterocycles. The highest BCUT2D eigenvalue weighted by atomic mass is 14.9. The molecule has 0 unspecified atom stereocenters. The van der Waals surface area contributed by atoms with Gasteiger partial charge >= 0.3 is 0 Å². The smallest absolute Gasteiger partial charge is 0.0483 e. The van der Waals surface area contributed by atoms with Crippen LogP contribution in [0.25, 0.3) is 10.9 Å². The van der Waals surface area contributed by atoms with Crippen molar-refractivity contribution >= 4 is 10.9 Å². The molecule has 0 bridgehead atoms. The highest BCUT2D eigenvalue weighted by Crippen LogP contribution is 2.21. The van der Waals surface area contributed by atoms with Crippen LogP contribution in [0.1, 0.15) is 19.4 Å². The molecule has 2 heteroatoms. The molecular weight excluding hydrogens is 196 g/mol. The predicted octanol–water partition coefficient (Wildman–Crippen LogP) is 2.81. The van der Waals surface area contributed by atoms with E-state index in [9.17, 15) is 0 Å². The van der Waals surface area contributed by atoms with E-state index in [0.29, 0.717) is 0 Å². The van der Waals surface area contributed by atoms with Crippen molar-refractivity contribution < 1.29 is 0 Å². The quantitative estimate of drug-likeness (QED) is 0.760. The Balaban J connectivity index is 2.30. The fraction of sp³-hybridized carbons (Fsp3) is 0.429. The summed E-state index contributed by atoms with van der Waals surface area (Å²) >= 11 is 0. The number of rotatable bonds is 5. The lowest BCUT2D eigenvalue weighted by Crippen LogP contribution is -2.15. The number of fused-ring (bicyclic) bond motifs is 1. The van der Waals surface area contributed by atoms with Gasteiger partial charge in [0.2, 0.25) is 0 Å². The molecule has 0 fully saturated rings. The van der Waals surface area contributed by atoms with Gasteiger partial charge in [-0.2, -0.15) is 0 Å². The van der Waals surface area contributed by atoms with E-state index in [1.165, 1.54) is 16.5 Å². The Morgan fingerprint density at radius 2 is 2.00 bits per heavy atom. The maximum Gasteiger partial charge on any atom is 0.0483 e. The topological polar surface area (TPSA) is 17.0 Å². The van der Waals surface area contributed by atoms with Crippen LogP contribution in [0.4, 0.5) is 0 Å². The molecule has 0 aliphatic rings. The average molecular weight is 216 g/mol. The molecule has 1 aromatic heterocycles. The predicted molar refractivity (Wildman–Crippen MR) is 69.9 cm³/mol. The van der Waals surface area contributed by atoms with E-state index in [2.05, 4.69) is 54.2 Å². The number of likely N-dealkylation sites (N-methyl/N-ethyl adjacent to an activating group) is 1. The summed E-state index contributed by atoms with van der Waals surface area (Å²) in [5.41, 5.74) is 2.81. The van der Waals surface area contributed by atoms with Crippen LogP contribution in [0, 0.1) is 0 Å². The summed E-state index contributed by atoms with van der Waals surface area (Å²) in [5.74, 6) is 0. The Labute approximate surface area is 97.3 Å². The maximum absolute atomic E-state index is 3.38. The second-order valence-corrected chi connectivity index (χ2v) is 4.06. The second kappa shape index (κ2) is 5.17. The van der Waals surface area contributed by atoms with Gasteiger partial charge < -0.3 is 9.88 Å². The van der Waals surface area contributed by atoms with Gasteiger partial charge in [-0.25, -0.2) is 0 Å². The zero-order valence-corrected chi connectivity index (χ0v) is 10.2. The molecule has 1 N–H and O–H groups in total. The van der Waals surface area contributed by atoms with Crippen molar-refractivity contribution in [1.29, 1.82) is 0 Å². The van der Waals surface area contributed by atoms with Crippen LogP contribution in [0.15, 0.2) is 30.5 Å². The minimum atomic E-state index is 1.04. The minimum absolute atomic E-state index is 1.04. The zero-order chi connectivity index (χ0) is 11.4. The lowest BCUT2D eigenvalue weighted by molar-refractivity contribution is 0.714. The van der Waals surface area contributed by atoms with Gasteiger partial charge in [-0.1, -0.05) is 25.1 Å². The molecule has 0 amide bonds. The summed E-state index contributed by atoms with van der Waals surface area (Å²) < 4.78 is 2.33. The first kappa shape index (κ1) is 11.2. The summed E-state index contributed by atoms with van der Waals surface area (Å²) in [6, 6.07) is 8.67. The highest BCUT2D eigenvalue weighted by molar-refractivity contribution is 5.83. The van der Waals surface area contributed by atoms with Crippen molar-refractivity contribution in [2.75, 3.05) is 13.1 Å². The number of hydrogen-bond donors (Lipinski definition) is 1. The normalized spacial score (nSPS) is 11.1. The molecular formula is C14H20N2. The summed E-state index contributed by atoms with van der Waals surface area (Å²) in [5, 5.41) is 4.78. The van der Waals surface area contributed by atoms with Gasteiger partial charge in [0.15, 0.2) is 0 Å². The summed E-state index contributed by atoms with van der Waals surface area (Å²) in [7, 11) is 0. The third-order valence-electron chi connectivity index (χ3n) is 3.03. The van der Waals surface area contributed by atoms with Crippen molar-refractivity contribution in [3.05, 3.63) is 36.0 Å². The molecule has 0 aliphatic carbocycles. The van der Waals surface area contributed by atoms with E-state index >= 15 is 0 Å². The van der Waals surface area contributed by atoms with Gasteiger partial charge in [-0.05, 0) is 38.1 Å². The Morgan fingerprint density at radius 3 is 2.75 bits per heavy atom. The molecule has 0 radical (unpaired) electrons. The van der Waals surface area contributed by atoms with Crippen molar-refractivity contribution in [3.63, 3.8) is 0 Å². The Hall–Kier alpha value is -1.28. The van der Waals surface area contributed by atoms with E-state index in [1.807, 2.05) is 0 Å². The lowest BCUT2D eigenvalue weighted by Gasteiger charge is -1.99. The zero-order valence-electron chi connectivity index (χ0n) is 10.2. The van der Waals surface area contributed by atoms with Gasteiger partial charge in [0.25, 0.3) is 0 Å². The van der Waals surface area contributed by atoms with Gasteiger partial charge in [0.05, 0.1) is 0 Å².